The summed E-state index contributed by atoms with van der Waals surface area (Å²) in [6, 6.07) is 0. The molecule has 0 aromatic carbocycles. The van der Waals surface area contributed by atoms with E-state index in [1.807, 2.05) is 0 Å². The highest BCUT2D eigenvalue weighted by Gasteiger charge is 2.07. The summed E-state index contributed by atoms with van der Waals surface area (Å²) < 4.78 is 0. The van der Waals surface area contributed by atoms with E-state index in [0.29, 0.717) is 18.5 Å². The fraction of sp³-hybridized carbons (Fsp3) is 0.625. The van der Waals surface area contributed by atoms with Crippen molar-refractivity contribution in [2.75, 3.05) is 20.2 Å². The summed E-state index contributed by atoms with van der Waals surface area (Å²) in [6.07, 6.45) is 0.621. The van der Waals surface area contributed by atoms with E-state index in [0.717, 1.165) is 0 Å². The average molecular weight is 157 g/mol. The SMILES string of the molecule is C=C(C)C(=O)N(C)CCCO. The molecular formula is C8H15NO2. The van der Waals surface area contributed by atoms with E-state index in [1.54, 1.807) is 18.9 Å². The number of hydrogen-bond acceptors (Lipinski definition) is 2. The summed E-state index contributed by atoms with van der Waals surface area (Å²) in [5, 5.41) is 8.48. The van der Waals surface area contributed by atoms with Crippen LogP contribution in [0.4, 0.5) is 0 Å². The minimum Gasteiger partial charge on any atom is -0.396 e. The maximum absolute atomic E-state index is 11.1. The number of carbonyl (C=O) groups is 1. The van der Waals surface area contributed by atoms with Crippen molar-refractivity contribution in [1.29, 1.82) is 0 Å². The van der Waals surface area contributed by atoms with E-state index >= 15 is 0 Å². The predicted octanol–water partition coefficient (Wildman–Crippen LogP) is 0.403. The molecule has 1 N–H and O–H groups in total. The molecule has 3 nitrogen and oxygen atoms in total. The van der Waals surface area contributed by atoms with E-state index in [2.05, 4.69) is 6.58 Å². The van der Waals surface area contributed by atoms with Gasteiger partial charge in [0.2, 0.25) is 5.91 Å². The molecule has 0 atom stereocenters. The van der Waals surface area contributed by atoms with Gasteiger partial charge in [-0.15, -0.1) is 0 Å². The van der Waals surface area contributed by atoms with Gasteiger partial charge in [0, 0.05) is 25.8 Å². The van der Waals surface area contributed by atoms with Crippen molar-refractivity contribution in [2.45, 2.75) is 13.3 Å². The van der Waals surface area contributed by atoms with Gasteiger partial charge in [0.15, 0.2) is 0 Å². The van der Waals surface area contributed by atoms with Gasteiger partial charge in [-0.05, 0) is 13.3 Å². The topological polar surface area (TPSA) is 40.5 Å². The van der Waals surface area contributed by atoms with Crippen molar-refractivity contribution < 1.29 is 9.90 Å². The van der Waals surface area contributed by atoms with Gasteiger partial charge >= 0.3 is 0 Å². The van der Waals surface area contributed by atoms with Crippen LogP contribution in [0.2, 0.25) is 0 Å². The number of amides is 1. The van der Waals surface area contributed by atoms with Gasteiger partial charge in [-0.2, -0.15) is 0 Å². The van der Waals surface area contributed by atoms with Gasteiger partial charge in [0.1, 0.15) is 0 Å². The first-order chi connectivity index (χ1) is 5.09. The smallest absolute Gasteiger partial charge is 0.248 e. The normalized spacial score (nSPS) is 9.36. The maximum Gasteiger partial charge on any atom is 0.248 e. The zero-order valence-electron chi connectivity index (χ0n) is 7.13. The predicted molar refractivity (Wildman–Crippen MR) is 44.2 cm³/mol. The van der Waals surface area contributed by atoms with Crippen molar-refractivity contribution in [3.63, 3.8) is 0 Å². The van der Waals surface area contributed by atoms with Crippen LogP contribution in [0.3, 0.4) is 0 Å². The first kappa shape index (κ1) is 10.2. The molecule has 3 heteroatoms. The molecule has 0 heterocycles. The lowest BCUT2D eigenvalue weighted by Gasteiger charge is -2.15. The van der Waals surface area contributed by atoms with E-state index in [1.165, 1.54) is 0 Å². The van der Waals surface area contributed by atoms with Crippen LogP contribution >= 0.6 is 0 Å². The van der Waals surface area contributed by atoms with Gasteiger partial charge in [0.25, 0.3) is 0 Å². The molecule has 0 radical (unpaired) electrons. The number of aliphatic hydroxyl groups is 1. The molecular weight excluding hydrogens is 142 g/mol. The van der Waals surface area contributed by atoms with Crippen molar-refractivity contribution in [2.24, 2.45) is 0 Å². The van der Waals surface area contributed by atoms with E-state index in [-0.39, 0.29) is 12.5 Å². The van der Waals surface area contributed by atoms with Gasteiger partial charge in [-0.3, -0.25) is 4.79 Å². The summed E-state index contributed by atoms with van der Waals surface area (Å²) in [5.74, 6) is -0.0570. The molecule has 0 saturated carbocycles. The monoisotopic (exact) mass is 157 g/mol. The lowest BCUT2D eigenvalue weighted by Crippen LogP contribution is -2.28. The fourth-order valence-corrected chi connectivity index (χ4v) is 0.735. The van der Waals surface area contributed by atoms with Crippen molar-refractivity contribution in [3.8, 4) is 0 Å². The second-order valence-electron chi connectivity index (χ2n) is 2.58. The summed E-state index contributed by atoms with van der Waals surface area (Å²) >= 11 is 0. The third kappa shape index (κ3) is 3.78. The molecule has 0 saturated heterocycles. The zero-order chi connectivity index (χ0) is 8.85. The molecule has 0 aliphatic heterocycles. The van der Waals surface area contributed by atoms with E-state index in [4.69, 9.17) is 5.11 Å². The minimum absolute atomic E-state index is 0.0570. The molecule has 0 bridgehead atoms. The van der Waals surface area contributed by atoms with Crippen LogP contribution in [-0.2, 0) is 4.79 Å². The fourth-order valence-electron chi connectivity index (χ4n) is 0.735. The van der Waals surface area contributed by atoms with E-state index < -0.39 is 0 Å². The standard InChI is InChI=1S/C8H15NO2/c1-7(2)8(11)9(3)5-4-6-10/h10H,1,4-6H2,2-3H3. The molecule has 0 aliphatic carbocycles. The second-order valence-corrected chi connectivity index (χ2v) is 2.58. The van der Waals surface area contributed by atoms with Gasteiger partial charge in [0.05, 0.1) is 0 Å². The van der Waals surface area contributed by atoms with Gasteiger partial charge in [-0.25, -0.2) is 0 Å². The second kappa shape index (κ2) is 4.91. The van der Waals surface area contributed by atoms with Crippen LogP contribution in [0, 0.1) is 0 Å². The lowest BCUT2D eigenvalue weighted by atomic mass is 10.3. The third-order valence-corrected chi connectivity index (χ3v) is 1.36. The van der Waals surface area contributed by atoms with Crippen molar-refractivity contribution >= 4 is 5.91 Å². The Morgan fingerprint density at radius 1 is 1.64 bits per heavy atom. The Labute approximate surface area is 67.3 Å². The molecule has 0 spiro atoms. The Morgan fingerprint density at radius 2 is 2.18 bits per heavy atom. The van der Waals surface area contributed by atoms with Crippen LogP contribution in [0.25, 0.3) is 0 Å². The van der Waals surface area contributed by atoms with Crippen molar-refractivity contribution in [3.05, 3.63) is 12.2 Å². The zero-order valence-corrected chi connectivity index (χ0v) is 7.13. The summed E-state index contributed by atoms with van der Waals surface area (Å²) in [5.41, 5.74) is 0.533. The lowest BCUT2D eigenvalue weighted by molar-refractivity contribution is -0.125. The largest absolute Gasteiger partial charge is 0.396 e. The highest BCUT2D eigenvalue weighted by atomic mass is 16.3. The first-order valence-electron chi connectivity index (χ1n) is 3.61. The van der Waals surface area contributed by atoms with Gasteiger partial charge in [-0.1, -0.05) is 6.58 Å². The van der Waals surface area contributed by atoms with Crippen LogP contribution in [0.1, 0.15) is 13.3 Å². The van der Waals surface area contributed by atoms with Crippen molar-refractivity contribution in [1.82, 2.24) is 4.90 Å². The van der Waals surface area contributed by atoms with Crippen LogP contribution in [0.5, 0.6) is 0 Å². The number of carbonyl (C=O) groups excluding carboxylic acids is 1. The summed E-state index contributed by atoms with van der Waals surface area (Å²) in [6.45, 7) is 5.91. The van der Waals surface area contributed by atoms with Crippen LogP contribution in [-0.4, -0.2) is 36.1 Å². The Kier molecular flexibility index (Phi) is 4.54. The number of hydrogen-bond donors (Lipinski definition) is 1. The molecule has 0 unspecified atom stereocenters. The molecule has 0 aromatic rings. The molecule has 11 heavy (non-hydrogen) atoms. The molecule has 0 aromatic heterocycles. The molecule has 0 rings (SSSR count). The van der Waals surface area contributed by atoms with E-state index in [9.17, 15) is 4.79 Å². The number of nitrogens with zero attached hydrogens (tertiary/aromatic N) is 1. The molecule has 0 aliphatic rings. The number of rotatable bonds is 4. The summed E-state index contributed by atoms with van der Waals surface area (Å²) in [7, 11) is 1.70. The highest BCUT2D eigenvalue weighted by molar-refractivity contribution is 5.91. The highest BCUT2D eigenvalue weighted by Crippen LogP contribution is 1.96. The van der Waals surface area contributed by atoms with Gasteiger partial charge < -0.3 is 10.0 Å². The first-order valence-corrected chi connectivity index (χ1v) is 3.61. The average Bonchev–Trinajstić information content (AvgIpc) is 1.98. The molecule has 64 valence electrons. The minimum atomic E-state index is -0.0570. The quantitative estimate of drug-likeness (QED) is 0.600. The van der Waals surface area contributed by atoms with Crippen LogP contribution < -0.4 is 0 Å². The summed E-state index contributed by atoms with van der Waals surface area (Å²) in [4.78, 5) is 12.6. The number of aliphatic hydroxyl groups excluding tert-OH is 1. The Balaban J connectivity index is 3.73. The molecule has 1 amide bonds. The maximum atomic E-state index is 11.1. The van der Waals surface area contributed by atoms with Crippen LogP contribution in [0.15, 0.2) is 12.2 Å². The third-order valence-electron chi connectivity index (χ3n) is 1.36. The number of likely N-dealkylation sites (N-methyl/N-ethyl adjacent to an activating group) is 1. The Bertz CT molecular complexity index is 154. The Morgan fingerprint density at radius 3 is 2.55 bits per heavy atom. The molecule has 0 fully saturated rings. The Hall–Kier alpha value is -0.830.